The summed E-state index contributed by atoms with van der Waals surface area (Å²) in [5.74, 6) is 0. The zero-order valence-electron chi connectivity index (χ0n) is 29.4. The highest BCUT2D eigenvalue weighted by Crippen LogP contribution is 2.40. The molecule has 2 heteroatoms. The van der Waals surface area contributed by atoms with Crippen LogP contribution in [0, 0.1) is 0 Å². The lowest BCUT2D eigenvalue weighted by atomic mass is 10.0. The Bertz CT molecular complexity index is 2730. The lowest BCUT2D eigenvalue weighted by Crippen LogP contribution is -1.97. The minimum Gasteiger partial charge on any atom is -0.309 e. The van der Waals surface area contributed by atoms with Gasteiger partial charge in [0.1, 0.15) is 0 Å². The summed E-state index contributed by atoms with van der Waals surface area (Å²) in [7, 11) is 0. The van der Waals surface area contributed by atoms with Crippen molar-refractivity contribution in [1.82, 2.24) is 9.13 Å². The molecule has 0 radical (unpaired) electrons. The maximum atomic E-state index is 2.44. The van der Waals surface area contributed by atoms with E-state index < -0.39 is 0 Å². The molecule has 0 aliphatic carbocycles. The lowest BCUT2D eigenvalue weighted by molar-refractivity contribution is 1.15. The first kappa shape index (κ1) is 31.3. The van der Waals surface area contributed by atoms with Crippen LogP contribution < -0.4 is 0 Å². The highest BCUT2D eigenvalue weighted by atomic mass is 15.0. The lowest BCUT2D eigenvalue weighted by Gasteiger charge is -2.12. The maximum Gasteiger partial charge on any atom is 0.0561 e. The molecule has 0 aliphatic rings. The van der Waals surface area contributed by atoms with E-state index in [-0.39, 0.29) is 0 Å². The van der Waals surface area contributed by atoms with Gasteiger partial charge >= 0.3 is 0 Å². The second-order valence-corrected chi connectivity index (χ2v) is 13.0. The van der Waals surface area contributed by atoms with Crippen molar-refractivity contribution < 1.29 is 0 Å². The van der Waals surface area contributed by atoms with Crippen molar-refractivity contribution in [1.29, 1.82) is 0 Å². The van der Waals surface area contributed by atoms with Crippen molar-refractivity contribution in [3.63, 3.8) is 0 Å². The Morgan fingerprint density at radius 1 is 0.250 bits per heavy atom. The molecule has 0 unspecified atom stereocenters. The van der Waals surface area contributed by atoms with E-state index in [9.17, 15) is 0 Å². The number of para-hydroxylation sites is 1. The normalized spacial score (nSPS) is 11.3. The summed E-state index contributed by atoms with van der Waals surface area (Å²) >= 11 is 0. The summed E-state index contributed by atoms with van der Waals surface area (Å²) in [5.41, 5.74) is 14.4. The van der Waals surface area contributed by atoms with Crippen LogP contribution in [-0.4, -0.2) is 9.13 Å². The first-order chi connectivity index (χ1) is 25.8. The topological polar surface area (TPSA) is 9.86 Å². The fraction of sp³-hybridized carbons (Fsp3) is 0.0400. The Labute approximate surface area is 304 Å². The Morgan fingerprint density at radius 3 is 1.04 bits per heavy atom. The highest BCUT2D eigenvalue weighted by Gasteiger charge is 2.18. The molecule has 0 N–H and O–H groups in total. The molecular weight excluding hydrogens is 629 g/mol. The molecule has 8 aromatic carbocycles. The molecule has 0 amide bonds. The summed E-state index contributed by atoms with van der Waals surface area (Å²) in [6, 6.07) is 70.4. The summed E-state index contributed by atoms with van der Waals surface area (Å²) in [5, 5.41) is 4.98. The van der Waals surface area contributed by atoms with Crippen molar-refractivity contribution in [2.24, 2.45) is 0 Å². The van der Waals surface area contributed by atoms with Gasteiger partial charge < -0.3 is 9.13 Å². The number of rotatable bonds is 5. The molecule has 0 fully saturated rings. The molecule has 2 aromatic heterocycles. The van der Waals surface area contributed by atoms with Gasteiger partial charge in [0.05, 0.1) is 22.1 Å². The molecule has 52 heavy (non-hydrogen) atoms. The highest BCUT2D eigenvalue weighted by molar-refractivity contribution is 6.13. The first-order valence-corrected chi connectivity index (χ1v) is 18.2. The maximum absolute atomic E-state index is 2.44. The van der Waals surface area contributed by atoms with E-state index >= 15 is 0 Å². The smallest absolute Gasteiger partial charge is 0.0561 e. The van der Waals surface area contributed by atoms with E-state index in [1.165, 1.54) is 77.0 Å². The van der Waals surface area contributed by atoms with Crippen LogP contribution in [0.1, 0.15) is 13.8 Å². The van der Waals surface area contributed by atoms with Crippen LogP contribution in [0.3, 0.4) is 0 Å². The SMILES string of the molecule is CC.c1ccc(-c2ccc3c(c2)c2cc(-c4ccccc4)ccc2n3-c2ccc3c4cc(-c5ccccc5)ccc4n(-c4ccccc4)c3c2)cc1. The van der Waals surface area contributed by atoms with Crippen molar-refractivity contribution in [3.8, 4) is 44.8 Å². The summed E-state index contributed by atoms with van der Waals surface area (Å²) in [6.45, 7) is 4.00. The quantitative estimate of drug-likeness (QED) is 0.173. The molecule has 0 saturated carbocycles. The Hall–Kier alpha value is -6.64. The van der Waals surface area contributed by atoms with Gasteiger partial charge in [0.15, 0.2) is 0 Å². The molecule has 10 aromatic rings. The standard InChI is InChI=1S/C48H32N2.C2H6/c1-5-13-33(14-6-1)36-21-26-45-42(29-36)41-25-24-40(32-48(41)49(45)39-19-11-4-12-20-39)50-46-27-22-37(34-15-7-2-8-16-34)30-43(46)44-31-38(23-28-47(44)50)35-17-9-3-10-18-35;1-2/h1-32H;1-2H3. The van der Waals surface area contributed by atoms with E-state index in [0.29, 0.717) is 0 Å². The fourth-order valence-electron chi connectivity index (χ4n) is 7.74. The van der Waals surface area contributed by atoms with Gasteiger partial charge in [-0.3, -0.25) is 0 Å². The molecule has 0 saturated heterocycles. The Kier molecular flexibility index (Phi) is 7.98. The van der Waals surface area contributed by atoms with Crippen LogP contribution in [-0.2, 0) is 0 Å². The van der Waals surface area contributed by atoms with Gasteiger partial charge in [0.25, 0.3) is 0 Å². The predicted molar refractivity (Wildman–Crippen MR) is 223 cm³/mol. The zero-order chi connectivity index (χ0) is 35.0. The molecule has 248 valence electrons. The van der Waals surface area contributed by atoms with Gasteiger partial charge in [0.2, 0.25) is 0 Å². The van der Waals surface area contributed by atoms with E-state index in [1.807, 2.05) is 13.8 Å². The van der Waals surface area contributed by atoms with E-state index in [1.54, 1.807) is 0 Å². The Morgan fingerprint density at radius 2 is 0.615 bits per heavy atom. The number of hydrogen-bond donors (Lipinski definition) is 0. The second-order valence-electron chi connectivity index (χ2n) is 13.0. The third-order valence-electron chi connectivity index (χ3n) is 10.1. The zero-order valence-corrected chi connectivity index (χ0v) is 29.4. The molecule has 0 bridgehead atoms. The summed E-state index contributed by atoms with van der Waals surface area (Å²) in [6.07, 6.45) is 0. The molecule has 0 spiro atoms. The number of aromatic nitrogens is 2. The van der Waals surface area contributed by atoms with Gasteiger partial charge in [-0.05, 0) is 94.0 Å². The molecule has 0 aliphatic heterocycles. The Balaban J connectivity index is 0.00000177. The number of nitrogens with zero attached hydrogens (tertiary/aromatic N) is 2. The number of hydrogen-bond acceptors (Lipinski definition) is 0. The van der Waals surface area contributed by atoms with Crippen LogP contribution in [0.2, 0.25) is 0 Å². The molecule has 10 rings (SSSR count). The summed E-state index contributed by atoms with van der Waals surface area (Å²) < 4.78 is 4.86. The van der Waals surface area contributed by atoms with Crippen LogP contribution in [0.4, 0.5) is 0 Å². The van der Waals surface area contributed by atoms with Crippen LogP contribution >= 0.6 is 0 Å². The van der Waals surface area contributed by atoms with Crippen LogP contribution in [0.25, 0.3) is 88.4 Å². The number of benzene rings is 8. The van der Waals surface area contributed by atoms with Gasteiger partial charge in [-0.25, -0.2) is 0 Å². The monoisotopic (exact) mass is 666 g/mol. The average Bonchev–Trinajstić information content (AvgIpc) is 3.74. The first-order valence-electron chi connectivity index (χ1n) is 18.2. The van der Waals surface area contributed by atoms with Gasteiger partial charge in [-0.15, -0.1) is 0 Å². The van der Waals surface area contributed by atoms with Gasteiger partial charge in [0, 0.05) is 32.9 Å². The van der Waals surface area contributed by atoms with Crippen molar-refractivity contribution in [2.75, 3.05) is 0 Å². The minimum absolute atomic E-state index is 1.14. The van der Waals surface area contributed by atoms with E-state index in [4.69, 9.17) is 0 Å². The molecule has 2 heterocycles. The van der Waals surface area contributed by atoms with Gasteiger partial charge in [-0.2, -0.15) is 0 Å². The molecule has 0 atom stereocenters. The number of fused-ring (bicyclic) bond motifs is 6. The third kappa shape index (κ3) is 5.28. The fourth-order valence-corrected chi connectivity index (χ4v) is 7.74. The molecular formula is C50H38N2. The average molecular weight is 667 g/mol. The van der Waals surface area contributed by atoms with Gasteiger partial charge in [-0.1, -0.05) is 147 Å². The molecule has 2 nitrogen and oxygen atoms in total. The van der Waals surface area contributed by atoms with Crippen molar-refractivity contribution in [2.45, 2.75) is 13.8 Å². The predicted octanol–water partition coefficient (Wildman–Crippen LogP) is 13.9. The second kappa shape index (κ2) is 13.2. The van der Waals surface area contributed by atoms with Crippen LogP contribution in [0.15, 0.2) is 194 Å². The van der Waals surface area contributed by atoms with Crippen molar-refractivity contribution >= 4 is 43.6 Å². The minimum atomic E-state index is 1.14. The van der Waals surface area contributed by atoms with E-state index in [2.05, 4.69) is 203 Å². The van der Waals surface area contributed by atoms with Crippen LogP contribution in [0.5, 0.6) is 0 Å². The van der Waals surface area contributed by atoms with E-state index in [0.717, 1.165) is 11.4 Å². The third-order valence-corrected chi connectivity index (χ3v) is 10.1. The summed E-state index contributed by atoms with van der Waals surface area (Å²) in [4.78, 5) is 0. The van der Waals surface area contributed by atoms with Crippen molar-refractivity contribution in [3.05, 3.63) is 194 Å². The largest absolute Gasteiger partial charge is 0.309 e.